The number of rotatable bonds is 4. The molecule has 176 valence electrons. The highest BCUT2D eigenvalue weighted by Gasteiger charge is 2.36. The molecule has 5 rings (SSSR count). The molecule has 6 nitrogen and oxygen atoms in total. The Morgan fingerprint density at radius 1 is 0.914 bits per heavy atom. The van der Waals surface area contributed by atoms with Crippen LogP contribution in [0.5, 0.6) is 0 Å². The Labute approximate surface area is 200 Å². The molecule has 2 heterocycles. The number of hydrogen-bond acceptors (Lipinski definition) is 4. The van der Waals surface area contributed by atoms with Gasteiger partial charge in [-0.1, -0.05) is 41.6 Å². The van der Waals surface area contributed by atoms with Crippen molar-refractivity contribution in [2.24, 2.45) is 0 Å². The molecule has 8 heteroatoms. The Morgan fingerprint density at radius 3 is 2.37 bits per heavy atom. The van der Waals surface area contributed by atoms with E-state index in [1.807, 2.05) is 32.0 Å². The Hall–Kier alpha value is -4.33. The van der Waals surface area contributed by atoms with Crippen molar-refractivity contribution in [1.29, 1.82) is 0 Å². The van der Waals surface area contributed by atoms with E-state index in [1.54, 1.807) is 25.1 Å². The summed E-state index contributed by atoms with van der Waals surface area (Å²) in [7, 11) is 0. The van der Waals surface area contributed by atoms with Crippen LogP contribution in [0.1, 0.15) is 35.5 Å². The van der Waals surface area contributed by atoms with Crippen molar-refractivity contribution < 1.29 is 18.1 Å². The van der Waals surface area contributed by atoms with E-state index in [2.05, 4.69) is 15.5 Å². The molecule has 0 fully saturated rings. The van der Waals surface area contributed by atoms with Gasteiger partial charge in [0.2, 0.25) is 5.82 Å². The lowest BCUT2D eigenvalue weighted by Crippen LogP contribution is -2.46. The number of urea groups is 1. The third-order valence-electron chi connectivity index (χ3n) is 6.15. The Bertz CT molecular complexity index is 1480. The van der Waals surface area contributed by atoms with Gasteiger partial charge in [0.15, 0.2) is 0 Å². The largest absolute Gasteiger partial charge is 0.334 e. The van der Waals surface area contributed by atoms with E-state index >= 15 is 0 Å². The molecule has 0 aliphatic carbocycles. The number of carbonyl (C=O) groups is 1. The monoisotopic (exact) mass is 472 g/mol. The molecule has 0 radical (unpaired) electrons. The van der Waals surface area contributed by atoms with E-state index in [0.717, 1.165) is 16.7 Å². The number of amides is 2. The summed E-state index contributed by atoms with van der Waals surface area (Å²) in [5, 5.41) is 7.05. The van der Waals surface area contributed by atoms with Gasteiger partial charge in [0.25, 0.3) is 5.89 Å². The van der Waals surface area contributed by atoms with Gasteiger partial charge in [0.1, 0.15) is 11.6 Å². The second-order valence-corrected chi connectivity index (χ2v) is 8.47. The lowest BCUT2D eigenvalue weighted by Gasteiger charge is -2.35. The van der Waals surface area contributed by atoms with Crippen LogP contribution in [0.4, 0.5) is 19.3 Å². The minimum atomic E-state index is -0.590. The fourth-order valence-corrected chi connectivity index (χ4v) is 4.22. The molecule has 1 N–H and O–H groups in total. The predicted octanol–water partition coefficient (Wildman–Crippen LogP) is 6.33. The van der Waals surface area contributed by atoms with Gasteiger partial charge in [0.05, 0.1) is 17.3 Å². The van der Waals surface area contributed by atoms with E-state index in [0.29, 0.717) is 22.5 Å². The normalized spacial score (nSPS) is 16.0. The Kier molecular flexibility index (Phi) is 5.64. The first kappa shape index (κ1) is 22.5. The zero-order valence-corrected chi connectivity index (χ0v) is 19.3. The first-order valence-electron chi connectivity index (χ1n) is 11.1. The van der Waals surface area contributed by atoms with Crippen LogP contribution >= 0.6 is 0 Å². The number of carbonyl (C=O) groups excluding carboxylic acids is 1. The standard InChI is InChI=1S/C27H22F2N4O2/c1-15-10-11-18(12-16(15)2)24-23(26-31-25(32-35-26)19-6-4-7-20(28)13-19)17(3)33(27(34)30-24)22-9-5-8-21(29)14-22/h4-14,24H,1-3H3,(H,30,34). The molecule has 0 bridgehead atoms. The van der Waals surface area contributed by atoms with E-state index in [4.69, 9.17) is 4.52 Å². The highest BCUT2D eigenvalue weighted by molar-refractivity contribution is 6.01. The maximum absolute atomic E-state index is 14.0. The second kappa shape index (κ2) is 8.79. The van der Waals surface area contributed by atoms with Crippen molar-refractivity contribution >= 4 is 17.3 Å². The third kappa shape index (κ3) is 4.19. The Balaban J connectivity index is 1.68. The predicted molar refractivity (Wildman–Crippen MR) is 128 cm³/mol. The second-order valence-electron chi connectivity index (χ2n) is 8.47. The van der Waals surface area contributed by atoms with Crippen molar-refractivity contribution in [2.45, 2.75) is 26.8 Å². The topological polar surface area (TPSA) is 71.3 Å². The fraction of sp³-hybridized carbons (Fsp3) is 0.148. The molecule has 1 aromatic heterocycles. The fourth-order valence-electron chi connectivity index (χ4n) is 4.22. The number of allylic oxidation sites excluding steroid dienone is 1. The van der Waals surface area contributed by atoms with Crippen LogP contribution in [0.25, 0.3) is 17.0 Å². The number of halogens is 2. The van der Waals surface area contributed by atoms with Crippen LogP contribution in [-0.4, -0.2) is 16.2 Å². The van der Waals surface area contributed by atoms with E-state index in [-0.39, 0.29) is 11.7 Å². The first-order valence-corrected chi connectivity index (χ1v) is 11.1. The van der Waals surface area contributed by atoms with Gasteiger partial charge in [0, 0.05) is 11.3 Å². The van der Waals surface area contributed by atoms with Gasteiger partial charge in [-0.3, -0.25) is 4.90 Å². The van der Waals surface area contributed by atoms with Gasteiger partial charge in [-0.05, 0) is 67.8 Å². The third-order valence-corrected chi connectivity index (χ3v) is 6.15. The molecular formula is C27H22F2N4O2. The number of benzene rings is 3. The van der Waals surface area contributed by atoms with Gasteiger partial charge >= 0.3 is 6.03 Å². The van der Waals surface area contributed by atoms with Gasteiger partial charge in [-0.15, -0.1) is 0 Å². The SMILES string of the molecule is CC1=C(c2nc(-c3cccc(F)c3)no2)C(c2ccc(C)c(C)c2)NC(=O)N1c1cccc(F)c1. The number of anilines is 1. The quantitative estimate of drug-likeness (QED) is 0.377. The van der Waals surface area contributed by atoms with E-state index in [1.165, 1.54) is 35.2 Å². The summed E-state index contributed by atoms with van der Waals surface area (Å²) in [5.74, 6) is -0.495. The van der Waals surface area contributed by atoms with Gasteiger partial charge < -0.3 is 9.84 Å². The van der Waals surface area contributed by atoms with Crippen molar-refractivity contribution in [3.05, 3.63) is 107 Å². The summed E-state index contributed by atoms with van der Waals surface area (Å²) in [6.07, 6.45) is 0. The molecule has 0 saturated heterocycles. The summed E-state index contributed by atoms with van der Waals surface area (Å²) in [6, 6.07) is 16.6. The van der Waals surface area contributed by atoms with Crippen molar-refractivity contribution in [3.8, 4) is 11.4 Å². The average Bonchev–Trinajstić information content (AvgIpc) is 3.30. The number of aryl methyl sites for hydroxylation is 2. The van der Waals surface area contributed by atoms with Crippen molar-refractivity contribution in [2.75, 3.05) is 4.90 Å². The highest BCUT2D eigenvalue weighted by Crippen LogP contribution is 2.39. The highest BCUT2D eigenvalue weighted by atomic mass is 19.1. The van der Waals surface area contributed by atoms with Crippen LogP contribution < -0.4 is 10.2 Å². The lowest BCUT2D eigenvalue weighted by atomic mass is 9.92. The lowest BCUT2D eigenvalue weighted by molar-refractivity contribution is 0.244. The molecule has 1 aliphatic rings. The molecule has 4 aromatic rings. The maximum atomic E-state index is 14.0. The van der Waals surface area contributed by atoms with Crippen molar-refractivity contribution in [3.63, 3.8) is 0 Å². The van der Waals surface area contributed by atoms with Gasteiger partial charge in [-0.25, -0.2) is 13.6 Å². The molecule has 1 unspecified atom stereocenters. The molecule has 2 amide bonds. The van der Waals surface area contributed by atoms with E-state index in [9.17, 15) is 13.6 Å². The molecule has 1 aliphatic heterocycles. The number of nitrogens with one attached hydrogen (secondary N) is 1. The van der Waals surface area contributed by atoms with Crippen LogP contribution in [0, 0.1) is 25.5 Å². The maximum Gasteiger partial charge on any atom is 0.327 e. The molecule has 35 heavy (non-hydrogen) atoms. The van der Waals surface area contributed by atoms with Crippen LogP contribution in [-0.2, 0) is 0 Å². The summed E-state index contributed by atoms with van der Waals surface area (Å²) in [6.45, 7) is 5.75. The Morgan fingerprint density at radius 2 is 1.66 bits per heavy atom. The number of hydrogen-bond donors (Lipinski definition) is 1. The van der Waals surface area contributed by atoms with Crippen LogP contribution in [0.3, 0.4) is 0 Å². The summed E-state index contributed by atoms with van der Waals surface area (Å²) in [4.78, 5) is 19.1. The summed E-state index contributed by atoms with van der Waals surface area (Å²) < 4.78 is 33.4. The molecule has 0 saturated carbocycles. The number of nitrogens with zero attached hydrogens (tertiary/aromatic N) is 3. The zero-order valence-electron chi connectivity index (χ0n) is 19.3. The summed E-state index contributed by atoms with van der Waals surface area (Å²) in [5.41, 5.74) is 4.91. The van der Waals surface area contributed by atoms with Crippen molar-refractivity contribution in [1.82, 2.24) is 15.5 Å². The van der Waals surface area contributed by atoms with Crippen LogP contribution in [0.15, 0.2) is 77.0 Å². The van der Waals surface area contributed by atoms with Gasteiger partial charge in [-0.2, -0.15) is 4.98 Å². The minimum absolute atomic E-state index is 0.173. The molecule has 0 spiro atoms. The molecule has 1 atom stereocenters. The molecule has 3 aromatic carbocycles. The first-order chi connectivity index (χ1) is 16.8. The minimum Gasteiger partial charge on any atom is -0.334 e. The average molecular weight is 472 g/mol. The van der Waals surface area contributed by atoms with Crippen LogP contribution in [0.2, 0.25) is 0 Å². The van der Waals surface area contributed by atoms with E-state index < -0.39 is 23.7 Å². The zero-order chi connectivity index (χ0) is 24.7. The molecular weight excluding hydrogens is 450 g/mol. The summed E-state index contributed by atoms with van der Waals surface area (Å²) >= 11 is 0. The smallest absolute Gasteiger partial charge is 0.327 e. The number of aromatic nitrogens is 2.